The number of hydrogen-bond acceptors (Lipinski definition) is 3. The molecule has 92 valence electrons. The Balaban J connectivity index is 1.48. The van der Waals surface area contributed by atoms with Crippen LogP contribution in [0.15, 0.2) is 0 Å². The van der Waals surface area contributed by atoms with Crippen LogP contribution in [0.25, 0.3) is 0 Å². The van der Waals surface area contributed by atoms with Gasteiger partial charge in [-0.25, -0.2) is 0 Å². The summed E-state index contributed by atoms with van der Waals surface area (Å²) in [5.74, 6) is 0. The molecule has 0 aromatic heterocycles. The fourth-order valence-electron chi connectivity index (χ4n) is 3.61. The lowest BCUT2D eigenvalue weighted by atomic mass is 10.0. The molecule has 3 heterocycles. The van der Waals surface area contributed by atoms with Gasteiger partial charge in [-0.15, -0.1) is 0 Å². The molecule has 0 saturated carbocycles. The van der Waals surface area contributed by atoms with Crippen molar-refractivity contribution in [2.24, 2.45) is 0 Å². The Morgan fingerprint density at radius 2 is 2.00 bits per heavy atom. The van der Waals surface area contributed by atoms with Crippen LogP contribution in [0, 0.1) is 0 Å². The number of rotatable bonds is 2. The summed E-state index contributed by atoms with van der Waals surface area (Å²) in [5.41, 5.74) is 0. The van der Waals surface area contributed by atoms with Crippen molar-refractivity contribution in [2.45, 2.75) is 44.2 Å². The van der Waals surface area contributed by atoms with Crippen molar-refractivity contribution >= 4 is 0 Å². The van der Waals surface area contributed by atoms with E-state index in [-0.39, 0.29) is 0 Å². The van der Waals surface area contributed by atoms with Crippen LogP contribution in [0.5, 0.6) is 0 Å². The van der Waals surface area contributed by atoms with Crippen molar-refractivity contribution in [1.29, 1.82) is 0 Å². The maximum absolute atomic E-state index is 3.67. The number of nitrogens with zero attached hydrogens (tertiary/aromatic N) is 2. The SMILES string of the molecule is C1CCC(CN2CCN3CCCC3C2)NC1. The van der Waals surface area contributed by atoms with E-state index < -0.39 is 0 Å². The average Bonchev–Trinajstić information content (AvgIpc) is 2.77. The van der Waals surface area contributed by atoms with E-state index >= 15 is 0 Å². The van der Waals surface area contributed by atoms with Crippen LogP contribution in [0.2, 0.25) is 0 Å². The third-order valence-corrected chi connectivity index (χ3v) is 4.56. The summed E-state index contributed by atoms with van der Waals surface area (Å²) in [7, 11) is 0. The van der Waals surface area contributed by atoms with Gasteiger partial charge in [0.05, 0.1) is 0 Å². The summed E-state index contributed by atoms with van der Waals surface area (Å²) in [5, 5.41) is 3.67. The molecule has 0 aliphatic carbocycles. The first-order valence-corrected chi connectivity index (χ1v) is 7.11. The predicted octanol–water partition coefficient (Wildman–Crippen LogP) is 0.909. The monoisotopic (exact) mass is 223 g/mol. The van der Waals surface area contributed by atoms with Crippen LogP contribution in [0.1, 0.15) is 32.1 Å². The van der Waals surface area contributed by atoms with Crippen molar-refractivity contribution < 1.29 is 0 Å². The van der Waals surface area contributed by atoms with Gasteiger partial charge >= 0.3 is 0 Å². The summed E-state index contributed by atoms with van der Waals surface area (Å²) >= 11 is 0. The fraction of sp³-hybridized carbons (Fsp3) is 1.00. The van der Waals surface area contributed by atoms with Gasteiger partial charge < -0.3 is 5.32 Å². The third kappa shape index (κ3) is 2.41. The van der Waals surface area contributed by atoms with Crippen molar-refractivity contribution in [2.75, 3.05) is 39.3 Å². The summed E-state index contributed by atoms with van der Waals surface area (Å²) in [6.45, 7) is 7.85. The molecule has 3 saturated heterocycles. The Morgan fingerprint density at radius 1 is 1.00 bits per heavy atom. The van der Waals surface area contributed by atoms with Gasteiger partial charge in [-0.05, 0) is 38.8 Å². The zero-order chi connectivity index (χ0) is 10.8. The number of hydrogen-bond donors (Lipinski definition) is 1. The number of fused-ring (bicyclic) bond motifs is 1. The highest BCUT2D eigenvalue weighted by Gasteiger charge is 2.31. The van der Waals surface area contributed by atoms with Crippen molar-refractivity contribution in [3.05, 3.63) is 0 Å². The number of piperazine rings is 1. The predicted molar refractivity (Wildman–Crippen MR) is 66.7 cm³/mol. The number of piperidine rings is 1. The van der Waals surface area contributed by atoms with E-state index in [9.17, 15) is 0 Å². The quantitative estimate of drug-likeness (QED) is 0.751. The maximum atomic E-state index is 3.67. The van der Waals surface area contributed by atoms with Crippen LogP contribution in [-0.2, 0) is 0 Å². The molecule has 3 rings (SSSR count). The van der Waals surface area contributed by atoms with Crippen molar-refractivity contribution in [3.8, 4) is 0 Å². The van der Waals surface area contributed by atoms with Crippen molar-refractivity contribution in [1.82, 2.24) is 15.1 Å². The molecule has 0 aromatic carbocycles. The number of nitrogens with one attached hydrogen (secondary N) is 1. The zero-order valence-electron chi connectivity index (χ0n) is 10.3. The van der Waals surface area contributed by atoms with Gasteiger partial charge in [0.2, 0.25) is 0 Å². The minimum Gasteiger partial charge on any atom is -0.313 e. The lowest BCUT2D eigenvalue weighted by molar-refractivity contribution is 0.0933. The Morgan fingerprint density at radius 3 is 2.88 bits per heavy atom. The van der Waals surface area contributed by atoms with Crippen LogP contribution < -0.4 is 5.32 Å². The summed E-state index contributed by atoms with van der Waals surface area (Å²) in [6, 6.07) is 1.67. The van der Waals surface area contributed by atoms with Gasteiger partial charge in [-0.3, -0.25) is 9.80 Å². The minimum atomic E-state index is 0.779. The molecule has 3 aliphatic rings. The molecule has 3 nitrogen and oxygen atoms in total. The van der Waals surface area contributed by atoms with E-state index in [2.05, 4.69) is 15.1 Å². The largest absolute Gasteiger partial charge is 0.313 e. The Kier molecular flexibility index (Phi) is 3.46. The lowest BCUT2D eigenvalue weighted by Crippen LogP contribution is -2.53. The van der Waals surface area contributed by atoms with Crippen LogP contribution in [0.4, 0.5) is 0 Å². The molecule has 0 spiro atoms. The van der Waals surface area contributed by atoms with Gasteiger partial charge in [0.15, 0.2) is 0 Å². The normalized spacial score (nSPS) is 37.5. The first-order valence-electron chi connectivity index (χ1n) is 7.11. The average molecular weight is 223 g/mol. The van der Waals surface area contributed by atoms with E-state index in [1.807, 2.05) is 0 Å². The first kappa shape index (κ1) is 11.0. The van der Waals surface area contributed by atoms with Gasteiger partial charge in [0.25, 0.3) is 0 Å². The zero-order valence-corrected chi connectivity index (χ0v) is 10.3. The van der Waals surface area contributed by atoms with Gasteiger partial charge in [-0.1, -0.05) is 6.42 Å². The molecule has 16 heavy (non-hydrogen) atoms. The highest BCUT2D eigenvalue weighted by atomic mass is 15.3. The second kappa shape index (κ2) is 5.03. The van der Waals surface area contributed by atoms with Crippen LogP contribution >= 0.6 is 0 Å². The van der Waals surface area contributed by atoms with Gasteiger partial charge in [0, 0.05) is 38.3 Å². The van der Waals surface area contributed by atoms with Gasteiger partial charge in [0.1, 0.15) is 0 Å². The Labute approximate surface area is 99.2 Å². The second-order valence-corrected chi connectivity index (χ2v) is 5.74. The molecular formula is C13H25N3. The first-order chi connectivity index (χ1) is 7.92. The maximum Gasteiger partial charge on any atom is 0.0224 e. The highest BCUT2D eigenvalue weighted by molar-refractivity contribution is 4.88. The van der Waals surface area contributed by atoms with Crippen molar-refractivity contribution in [3.63, 3.8) is 0 Å². The summed E-state index contributed by atoms with van der Waals surface area (Å²) in [4.78, 5) is 5.40. The molecule has 0 bridgehead atoms. The van der Waals surface area contributed by atoms with Crippen LogP contribution in [-0.4, -0.2) is 61.2 Å². The molecule has 2 unspecified atom stereocenters. The van der Waals surface area contributed by atoms with E-state index in [4.69, 9.17) is 0 Å². The molecular weight excluding hydrogens is 198 g/mol. The molecule has 3 fully saturated rings. The summed E-state index contributed by atoms with van der Waals surface area (Å²) in [6.07, 6.45) is 7.08. The molecule has 0 aromatic rings. The topological polar surface area (TPSA) is 18.5 Å². The van der Waals surface area contributed by atoms with E-state index in [1.54, 1.807) is 0 Å². The van der Waals surface area contributed by atoms with E-state index in [0.29, 0.717) is 0 Å². The lowest BCUT2D eigenvalue weighted by Gasteiger charge is -2.39. The fourth-order valence-corrected chi connectivity index (χ4v) is 3.61. The third-order valence-electron chi connectivity index (χ3n) is 4.56. The Bertz CT molecular complexity index is 225. The molecule has 3 aliphatic heterocycles. The van der Waals surface area contributed by atoms with E-state index in [0.717, 1.165) is 12.1 Å². The molecule has 3 heteroatoms. The molecule has 1 N–H and O–H groups in total. The molecule has 0 amide bonds. The Hall–Kier alpha value is -0.120. The van der Waals surface area contributed by atoms with Crippen LogP contribution in [0.3, 0.4) is 0 Å². The molecule has 2 atom stereocenters. The standard InChI is InChI=1S/C13H25N3/c1-2-6-14-12(4-1)10-15-8-9-16-7-3-5-13(16)11-15/h12-14H,1-11H2. The highest BCUT2D eigenvalue weighted by Crippen LogP contribution is 2.22. The van der Waals surface area contributed by atoms with Gasteiger partial charge in [-0.2, -0.15) is 0 Å². The second-order valence-electron chi connectivity index (χ2n) is 5.74. The van der Waals surface area contributed by atoms with E-state index in [1.165, 1.54) is 71.4 Å². The molecule has 0 radical (unpaired) electrons. The minimum absolute atomic E-state index is 0.779. The smallest absolute Gasteiger partial charge is 0.0224 e. The summed E-state index contributed by atoms with van der Waals surface area (Å²) < 4.78 is 0.